The van der Waals surface area contributed by atoms with Crippen LogP contribution in [0.3, 0.4) is 0 Å². The molecule has 0 spiro atoms. The number of aromatic nitrogens is 2. The number of allylic oxidation sites excluding steroid dienone is 1. The van der Waals surface area contributed by atoms with Gasteiger partial charge in [0, 0.05) is 23.0 Å². The van der Waals surface area contributed by atoms with Crippen LogP contribution >= 0.6 is 0 Å². The quantitative estimate of drug-likeness (QED) is 0.401. The second-order valence-corrected chi connectivity index (χ2v) is 7.24. The van der Waals surface area contributed by atoms with Crippen LogP contribution in [0, 0.1) is 5.82 Å². The predicted octanol–water partition coefficient (Wildman–Crippen LogP) is 4.55. The summed E-state index contributed by atoms with van der Waals surface area (Å²) in [5.41, 5.74) is 8.57. The normalized spacial score (nSPS) is 13.0. The van der Waals surface area contributed by atoms with Gasteiger partial charge in [0.25, 0.3) is 5.92 Å². The van der Waals surface area contributed by atoms with Crippen LogP contribution < -0.4 is 5.73 Å². The molecule has 168 valence electrons. The average Bonchev–Trinajstić information content (AvgIpc) is 3.27. The van der Waals surface area contributed by atoms with Gasteiger partial charge < -0.3 is 15.3 Å². The second kappa shape index (κ2) is 9.25. The largest absolute Gasteiger partial charge is 0.438 e. The van der Waals surface area contributed by atoms with Gasteiger partial charge in [-0.3, -0.25) is 4.99 Å². The SMILES string of the molecule is N/C(=C(\C=NCC(F)(F)CO)c1ncnc2oc(-c3ccccc3)cc12)c1ccc(F)cc1. The van der Waals surface area contributed by atoms with Crippen molar-refractivity contribution in [1.29, 1.82) is 0 Å². The molecule has 0 aliphatic heterocycles. The fourth-order valence-electron chi connectivity index (χ4n) is 3.18. The molecule has 0 saturated carbocycles. The summed E-state index contributed by atoms with van der Waals surface area (Å²) in [5.74, 6) is -3.30. The number of hydrogen-bond acceptors (Lipinski definition) is 6. The van der Waals surface area contributed by atoms with Gasteiger partial charge in [-0.2, -0.15) is 0 Å². The summed E-state index contributed by atoms with van der Waals surface area (Å²) in [6, 6.07) is 16.5. The third-order valence-electron chi connectivity index (χ3n) is 4.86. The van der Waals surface area contributed by atoms with E-state index in [0.29, 0.717) is 22.4 Å². The molecule has 2 aromatic heterocycles. The van der Waals surface area contributed by atoms with Crippen LogP contribution in [0.4, 0.5) is 13.2 Å². The third-order valence-corrected chi connectivity index (χ3v) is 4.86. The summed E-state index contributed by atoms with van der Waals surface area (Å²) in [5, 5.41) is 9.31. The maximum absolute atomic E-state index is 13.5. The minimum Gasteiger partial charge on any atom is -0.438 e. The summed E-state index contributed by atoms with van der Waals surface area (Å²) in [6.07, 6.45) is 2.43. The number of halogens is 3. The number of benzene rings is 2. The van der Waals surface area contributed by atoms with Crippen molar-refractivity contribution in [2.24, 2.45) is 10.7 Å². The molecular formula is C24H19F3N4O2. The fraction of sp³-hybridized carbons (Fsp3) is 0.125. The molecule has 4 rings (SSSR count). The maximum atomic E-state index is 13.5. The van der Waals surface area contributed by atoms with Crippen molar-refractivity contribution >= 4 is 28.6 Å². The lowest BCUT2D eigenvalue weighted by Crippen LogP contribution is -2.25. The van der Waals surface area contributed by atoms with E-state index in [1.807, 2.05) is 30.3 Å². The van der Waals surface area contributed by atoms with Gasteiger partial charge in [0.1, 0.15) is 31.1 Å². The highest BCUT2D eigenvalue weighted by atomic mass is 19.3. The van der Waals surface area contributed by atoms with Crippen LogP contribution in [0.5, 0.6) is 0 Å². The molecule has 6 nitrogen and oxygen atoms in total. The van der Waals surface area contributed by atoms with Gasteiger partial charge in [-0.15, -0.1) is 0 Å². The van der Waals surface area contributed by atoms with Crippen LogP contribution in [0.15, 0.2) is 76.4 Å². The number of aliphatic imine (C=N–C) groups is 1. The monoisotopic (exact) mass is 452 g/mol. The number of rotatable bonds is 7. The van der Waals surface area contributed by atoms with Crippen molar-refractivity contribution in [2.45, 2.75) is 5.92 Å². The number of alkyl halides is 2. The van der Waals surface area contributed by atoms with Crippen molar-refractivity contribution < 1.29 is 22.7 Å². The van der Waals surface area contributed by atoms with Crippen LogP contribution in [0.25, 0.3) is 33.7 Å². The first-order valence-electron chi connectivity index (χ1n) is 9.92. The van der Waals surface area contributed by atoms with Crippen molar-refractivity contribution in [1.82, 2.24) is 9.97 Å². The number of hydrogen-bond donors (Lipinski definition) is 2. The van der Waals surface area contributed by atoms with Gasteiger partial charge in [-0.1, -0.05) is 30.3 Å². The molecule has 33 heavy (non-hydrogen) atoms. The molecule has 2 heterocycles. The Morgan fingerprint density at radius 1 is 1.09 bits per heavy atom. The number of aliphatic hydroxyl groups excluding tert-OH is 1. The fourth-order valence-corrected chi connectivity index (χ4v) is 3.18. The van der Waals surface area contributed by atoms with E-state index in [1.54, 1.807) is 6.07 Å². The highest BCUT2D eigenvalue weighted by molar-refractivity contribution is 6.21. The number of fused-ring (bicyclic) bond motifs is 1. The predicted molar refractivity (Wildman–Crippen MR) is 120 cm³/mol. The lowest BCUT2D eigenvalue weighted by atomic mass is 10.0. The van der Waals surface area contributed by atoms with Gasteiger partial charge in [0.05, 0.1) is 11.1 Å². The Bertz CT molecular complexity index is 1320. The Kier molecular flexibility index (Phi) is 6.23. The summed E-state index contributed by atoms with van der Waals surface area (Å²) >= 11 is 0. The van der Waals surface area contributed by atoms with Gasteiger partial charge in [-0.05, 0) is 35.9 Å². The third kappa shape index (κ3) is 4.93. The molecule has 2 aromatic carbocycles. The maximum Gasteiger partial charge on any atom is 0.289 e. The molecule has 0 atom stereocenters. The van der Waals surface area contributed by atoms with E-state index in [9.17, 15) is 13.2 Å². The summed E-state index contributed by atoms with van der Waals surface area (Å²) in [6.45, 7) is -2.28. The van der Waals surface area contributed by atoms with Crippen LogP contribution in [-0.4, -0.2) is 40.4 Å². The minimum absolute atomic E-state index is 0.147. The van der Waals surface area contributed by atoms with Crippen molar-refractivity contribution in [3.8, 4) is 11.3 Å². The smallest absolute Gasteiger partial charge is 0.289 e. The van der Waals surface area contributed by atoms with Gasteiger partial charge in [-0.25, -0.2) is 23.1 Å². The average molecular weight is 452 g/mol. The summed E-state index contributed by atoms with van der Waals surface area (Å²) in [4.78, 5) is 12.2. The molecule has 0 unspecified atom stereocenters. The lowest BCUT2D eigenvalue weighted by molar-refractivity contribution is -0.0402. The summed E-state index contributed by atoms with van der Waals surface area (Å²) in [7, 11) is 0. The molecule has 0 fully saturated rings. The number of nitrogens with zero attached hydrogens (tertiary/aromatic N) is 3. The minimum atomic E-state index is -3.39. The van der Waals surface area contributed by atoms with E-state index in [2.05, 4.69) is 15.0 Å². The molecule has 0 aliphatic carbocycles. The zero-order chi connectivity index (χ0) is 23.4. The lowest BCUT2D eigenvalue weighted by Gasteiger charge is -2.11. The molecule has 9 heteroatoms. The van der Waals surface area contributed by atoms with E-state index in [0.717, 1.165) is 5.56 Å². The standard InChI is InChI=1S/C24H19F3N4O2/c25-17-8-6-16(7-9-17)21(28)19(11-29-12-24(26,27)13-32)22-18-10-20(15-4-2-1-3-5-15)33-23(18)31-14-30-22/h1-11,14,32H,12-13,28H2/b21-19+,29-11?. The number of aliphatic hydroxyl groups is 1. The van der Waals surface area contributed by atoms with E-state index < -0.39 is 24.9 Å². The molecule has 4 aromatic rings. The van der Waals surface area contributed by atoms with Crippen molar-refractivity contribution in [2.75, 3.05) is 13.2 Å². The first-order chi connectivity index (χ1) is 15.9. The second-order valence-electron chi connectivity index (χ2n) is 7.24. The Morgan fingerprint density at radius 2 is 1.82 bits per heavy atom. The molecule has 0 saturated heterocycles. The molecule has 0 radical (unpaired) electrons. The van der Waals surface area contributed by atoms with Gasteiger partial charge >= 0.3 is 0 Å². The number of furan rings is 1. The van der Waals surface area contributed by atoms with Crippen molar-refractivity contribution in [3.05, 3.63) is 84.1 Å². The first kappa shape index (κ1) is 22.2. The highest BCUT2D eigenvalue weighted by Gasteiger charge is 2.27. The molecule has 0 amide bonds. The van der Waals surface area contributed by atoms with E-state index in [1.165, 1.54) is 36.8 Å². The zero-order valence-electron chi connectivity index (χ0n) is 17.3. The topological polar surface area (TPSA) is 97.5 Å². The van der Waals surface area contributed by atoms with Crippen molar-refractivity contribution in [3.63, 3.8) is 0 Å². The Morgan fingerprint density at radius 3 is 2.52 bits per heavy atom. The van der Waals surface area contributed by atoms with E-state index in [-0.39, 0.29) is 17.0 Å². The van der Waals surface area contributed by atoms with E-state index in [4.69, 9.17) is 15.3 Å². The van der Waals surface area contributed by atoms with Crippen LogP contribution in [0.1, 0.15) is 11.3 Å². The van der Waals surface area contributed by atoms with Crippen LogP contribution in [-0.2, 0) is 0 Å². The van der Waals surface area contributed by atoms with Crippen LogP contribution in [0.2, 0.25) is 0 Å². The molecule has 0 aliphatic rings. The number of nitrogens with two attached hydrogens (primary N) is 1. The Hall–Kier alpha value is -3.98. The molecule has 3 N–H and O–H groups in total. The molecule has 0 bridgehead atoms. The highest BCUT2D eigenvalue weighted by Crippen LogP contribution is 2.32. The van der Waals surface area contributed by atoms with Gasteiger partial charge in [0.15, 0.2) is 0 Å². The first-order valence-corrected chi connectivity index (χ1v) is 9.92. The van der Waals surface area contributed by atoms with E-state index >= 15 is 0 Å². The Balaban J connectivity index is 1.86. The van der Waals surface area contributed by atoms with Gasteiger partial charge in [0.2, 0.25) is 5.71 Å². The zero-order valence-corrected chi connectivity index (χ0v) is 17.3. The molecular weight excluding hydrogens is 433 g/mol. The summed E-state index contributed by atoms with van der Waals surface area (Å²) < 4.78 is 46.3. The Labute approximate surface area is 186 Å².